The van der Waals surface area contributed by atoms with Crippen LogP contribution < -0.4 is 5.56 Å². The molecule has 0 spiro atoms. The number of hydrogen-bond donors (Lipinski definition) is 2. The number of H-pyrrole nitrogens is 2. The molecule has 102 valence electrons. The van der Waals surface area contributed by atoms with E-state index in [1.807, 2.05) is 36.7 Å². The monoisotopic (exact) mass is 305 g/mol. The van der Waals surface area contributed by atoms with Crippen LogP contribution in [0.25, 0.3) is 11.0 Å². The summed E-state index contributed by atoms with van der Waals surface area (Å²) in [6.45, 7) is 0. The van der Waals surface area contributed by atoms with E-state index in [2.05, 4.69) is 15.0 Å². The molecule has 0 aliphatic carbocycles. The SMILES string of the molecule is CSc1nc2c(Cc3ccccc3Cl)c[nH]c2c(=O)[nH]1. The predicted octanol–water partition coefficient (Wildman–Crippen LogP) is 3.22. The van der Waals surface area contributed by atoms with Gasteiger partial charge in [0.2, 0.25) is 0 Å². The quantitative estimate of drug-likeness (QED) is 0.577. The van der Waals surface area contributed by atoms with Crippen molar-refractivity contribution in [2.24, 2.45) is 0 Å². The number of fused-ring (bicyclic) bond motifs is 1. The zero-order valence-corrected chi connectivity index (χ0v) is 12.3. The van der Waals surface area contributed by atoms with Gasteiger partial charge in [-0.3, -0.25) is 9.78 Å². The van der Waals surface area contributed by atoms with Crippen LogP contribution in [0.1, 0.15) is 11.1 Å². The van der Waals surface area contributed by atoms with E-state index in [1.165, 1.54) is 11.8 Å². The number of thioether (sulfide) groups is 1. The van der Waals surface area contributed by atoms with Gasteiger partial charge in [-0.2, -0.15) is 0 Å². The van der Waals surface area contributed by atoms with Crippen molar-refractivity contribution in [1.29, 1.82) is 0 Å². The number of aromatic nitrogens is 3. The van der Waals surface area contributed by atoms with E-state index >= 15 is 0 Å². The molecule has 1 aromatic carbocycles. The molecule has 3 aromatic rings. The lowest BCUT2D eigenvalue weighted by molar-refractivity contribution is 0.972. The highest BCUT2D eigenvalue weighted by Gasteiger charge is 2.11. The first-order valence-corrected chi connectivity index (χ1v) is 7.67. The lowest BCUT2D eigenvalue weighted by Gasteiger charge is -2.03. The van der Waals surface area contributed by atoms with E-state index < -0.39 is 0 Å². The molecule has 0 atom stereocenters. The molecule has 6 heteroatoms. The van der Waals surface area contributed by atoms with E-state index in [9.17, 15) is 4.79 Å². The second-order valence-electron chi connectivity index (χ2n) is 4.38. The van der Waals surface area contributed by atoms with Gasteiger partial charge in [0.1, 0.15) is 11.0 Å². The summed E-state index contributed by atoms with van der Waals surface area (Å²) in [6.07, 6.45) is 4.34. The van der Waals surface area contributed by atoms with Crippen molar-refractivity contribution in [2.45, 2.75) is 11.6 Å². The number of aromatic amines is 2. The highest BCUT2D eigenvalue weighted by molar-refractivity contribution is 7.98. The summed E-state index contributed by atoms with van der Waals surface area (Å²) in [4.78, 5) is 22.1. The summed E-state index contributed by atoms with van der Waals surface area (Å²) in [7, 11) is 0. The fourth-order valence-electron chi connectivity index (χ4n) is 2.12. The van der Waals surface area contributed by atoms with Gasteiger partial charge in [-0.25, -0.2) is 4.98 Å². The van der Waals surface area contributed by atoms with Gasteiger partial charge in [-0.15, -0.1) is 0 Å². The number of benzene rings is 1. The molecule has 0 aliphatic rings. The molecule has 0 unspecified atom stereocenters. The van der Waals surface area contributed by atoms with Crippen LogP contribution in [0.3, 0.4) is 0 Å². The van der Waals surface area contributed by atoms with Crippen molar-refractivity contribution >= 4 is 34.4 Å². The first-order chi connectivity index (χ1) is 9.69. The van der Waals surface area contributed by atoms with Gasteiger partial charge in [-0.05, 0) is 17.9 Å². The summed E-state index contributed by atoms with van der Waals surface area (Å²) in [5, 5.41) is 1.33. The van der Waals surface area contributed by atoms with Crippen molar-refractivity contribution in [2.75, 3.05) is 6.26 Å². The Balaban J connectivity index is 2.11. The molecule has 0 aliphatic heterocycles. The maximum atomic E-state index is 11.9. The Morgan fingerprint density at radius 2 is 2.10 bits per heavy atom. The van der Waals surface area contributed by atoms with E-state index in [1.54, 1.807) is 0 Å². The molecular weight excluding hydrogens is 294 g/mol. The zero-order chi connectivity index (χ0) is 14.1. The van der Waals surface area contributed by atoms with Crippen LogP contribution in [0, 0.1) is 0 Å². The normalized spacial score (nSPS) is 11.1. The average molecular weight is 306 g/mol. The lowest BCUT2D eigenvalue weighted by atomic mass is 10.1. The minimum Gasteiger partial charge on any atom is -0.355 e. The molecule has 2 N–H and O–H groups in total. The summed E-state index contributed by atoms with van der Waals surface area (Å²) >= 11 is 7.59. The number of nitrogens with zero attached hydrogens (tertiary/aromatic N) is 1. The Morgan fingerprint density at radius 1 is 1.30 bits per heavy atom. The van der Waals surface area contributed by atoms with Crippen molar-refractivity contribution in [3.8, 4) is 0 Å². The summed E-state index contributed by atoms with van der Waals surface area (Å²) in [5.74, 6) is 0. The fraction of sp³-hybridized carbons (Fsp3) is 0.143. The van der Waals surface area contributed by atoms with Crippen LogP contribution in [-0.4, -0.2) is 21.2 Å². The van der Waals surface area contributed by atoms with E-state index in [0.29, 0.717) is 22.6 Å². The maximum absolute atomic E-state index is 11.9. The number of hydrogen-bond acceptors (Lipinski definition) is 3. The smallest absolute Gasteiger partial charge is 0.275 e. The average Bonchev–Trinajstić information content (AvgIpc) is 2.85. The zero-order valence-electron chi connectivity index (χ0n) is 10.7. The second-order valence-corrected chi connectivity index (χ2v) is 5.58. The Kier molecular flexibility index (Phi) is 3.54. The molecule has 20 heavy (non-hydrogen) atoms. The minimum atomic E-state index is -0.148. The van der Waals surface area contributed by atoms with E-state index in [-0.39, 0.29) is 5.56 Å². The van der Waals surface area contributed by atoms with Crippen molar-refractivity contribution in [1.82, 2.24) is 15.0 Å². The van der Waals surface area contributed by atoms with Gasteiger partial charge in [0, 0.05) is 23.2 Å². The minimum absolute atomic E-state index is 0.148. The molecule has 0 fully saturated rings. The number of halogens is 1. The predicted molar refractivity (Wildman–Crippen MR) is 82.8 cm³/mol. The highest BCUT2D eigenvalue weighted by atomic mass is 35.5. The van der Waals surface area contributed by atoms with E-state index in [0.717, 1.165) is 16.1 Å². The fourth-order valence-corrected chi connectivity index (χ4v) is 2.70. The van der Waals surface area contributed by atoms with Crippen molar-refractivity contribution in [3.63, 3.8) is 0 Å². The van der Waals surface area contributed by atoms with Crippen LogP contribution >= 0.6 is 23.4 Å². The number of rotatable bonds is 3. The number of nitrogens with one attached hydrogen (secondary N) is 2. The lowest BCUT2D eigenvalue weighted by Crippen LogP contribution is -2.09. The molecule has 3 rings (SSSR count). The topological polar surface area (TPSA) is 61.5 Å². The van der Waals surface area contributed by atoms with Crippen LogP contribution in [-0.2, 0) is 6.42 Å². The Hall–Kier alpha value is -1.72. The molecule has 0 saturated carbocycles. The summed E-state index contributed by atoms with van der Waals surface area (Å²) < 4.78 is 0. The Bertz CT molecular complexity index is 825. The van der Waals surface area contributed by atoms with Crippen LogP contribution in [0.15, 0.2) is 40.4 Å². The van der Waals surface area contributed by atoms with Gasteiger partial charge < -0.3 is 4.98 Å². The van der Waals surface area contributed by atoms with Gasteiger partial charge in [0.15, 0.2) is 5.16 Å². The van der Waals surface area contributed by atoms with Gasteiger partial charge >= 0.3 is 0 Å². The first-order valence-electron chi connectivity index (χ1n) is 6.06. The Labute approximate surface area is 124 Å². The molecular formula is C14H12ClN3OS. The van der Waals surface area contributed by atoms with E-state index in [4.69, 9.17) is 11.6 Å². The summed E-state index contributed by atoms with van der Waals surface area (Å²) in [6, 6.07) is 7.68. The highest BCUT2D eigenvalue weighted by Crippen LogP contribution is 2.23. The third-order valence-corrected chi connectivity index (χ3v) is 4.07. The molecule has 0 amide bonds. The van der Waals surface area contributed by atoms with Crippen LogP contribution in [0.5, 0.6) is 0 Å². The van der Waals surface area contributed by atoms with Gasteiger partial charge in [-0.1, -0.05) is 41.6 Å². The maximum Gasteiger partial charge on any atom is 0.275 e. The third kappa shape index (κ3) is 2.34. The molecule has 0 radical (unpaired) electrons. The Morgan fingerprint density at radius 3 is 2.85 bits per heavy atom. The van der Waals surface area contributed by atoms with Gasteiger partial charge in [0.25, 0.3) is 5.56 Å². The van der Waals surface area contributed by atoms with Crippen LogP contribution in [0.2, 0.25) is 5.02 Å². The standard InChI is InChI=1S/C14H12ClN3OS/c1-20-14-17-11-9(7-16-12(11)13(19)18-14)6-8-4-2-3-5-10(8)15/h2-5,7,16H,6H2,1H3,(H,17,18,19). The molecule has 4 nitrogen and oxygen atoms in total. The molecule has 0 saturated heterocycles. The van der Waals surface area contributed by atoms with Gasteiger partial charge in [0.05, 0.1) is 0 Å². The summed E-state index contributed by atoms with van der Waals surface area (Å²) in [5.41, 5.74) is 3.05. The molecule has 2 aromatic heterocycles. The first kappa shape index (κ1) is 13.3. The second kappa shape index (κ2) is 5.34. The van der Waals surface area contributed by atoms with Crippen molar-refractivity contribution in [3.05, 3.63) is 57.0 Å². The largest absolute Gasteiger partial charge is 0.355 e. The molecule has 0 bridgehead atoms. The van der Waals surface area contributed by atoms with Crippen LogP contribution in [0.4, 0.5) is 0 Å². The molecule has 2 heterocycles. The third-order valence-electron chi connectivity index (χ3n) is 3.12. The van der Waals surface area contributed by atoms with Crippen molar-refractivity contribution < 1.29 is 0 Å².